The minimum absolute atomic E-state index is 0.273. The van der Waals surface area contributed by atoms with E-state index >= 15 is 0 Å². The van der Waals surface area contributed by atoms with Crippen LogP contribution in [0.2, 0.25) is 0 Å². The SMILES string of the molecule is O=c1[nH]cc(C(c2ccc[nH]2)c2ccc[nH]2)c(=O)[nH]1. The zero-order chi connectivity index (χ0) is 13.2. The fraction of sp³-hybridized carbons (Fsp3) is 0.0769. The Morgan fingerprint density at radius 2 is 1.53 bits per heavy atom. The molecule has 0 unspecified atom stereocenters. The van der Waals surface area contributed by atoms with E-state index in [9.17, 15) is 9.59 Å². The van der Waals surface area contributed by atoms with Crippen LogP contribution in [0.1, 0.15) is 22.9 Å². The third-order valence-electron chi connectivity index (χ3n) is 3.03. The molecule has 0 amide bonds. The van der Waals surface area contributed by atoms with E-state index in [1.165, 1.54) is 6.20 Å². The smallest absolute Gasteiger partial charge is 0.325 e. The lowest BCUT2D eigenvalue weighted by Gasteiger charge is -2.13. The van der Waals surface area contributed by atoms with Crippen LogP contribution in [0.25, 0.3) is 0 Å². The maximum atomic E-state index is 12.0. The van der Waals surface area contributed by atoms with E-state index < -0.39 is 11.2 Å². The molecular formula is C13H12N4O2. The first-order valence-electron chi connectivity index (χ1n) is 5.84. The molecule has 3 rings (SSSR count). The Bertz CT molecular complexity index is 731. The summed E-state index contributed by atoms with van der Waals surface area (Å²) >= 11 is 0. The van der Waals surface area contributed by atoms with Gasteiger partial charge in [-0.2, -0.15) is 0 Å². The van der Waals surface area contributed by atoms with Crippen molar-refractivity contribution in [3.8, 4) is 0 Å². The van der Waals surface area contributed by atoms with Crippen molar-refractivity contribution in [3.05, 3.63) is 80.6 Å². The molecule has 4 N–H and O–H groups in total. The average Bonchev–Trinajstić information content (AvgIpc) is 3.06. The molecule has 0 spiro atoms. The van der Waals surface area contributed by atoms with Gasteiger partial charge in [-0.1, -0.05) is 0 Å². The second-order valence-electron chi connectivity index (χ2n) is 4.21. The van der Waals surface area contributed by atoms with Crippen molar-refractivity contribution >= 4 is 0 Å². The van der Waals surface area contributed by atoms with Crippen LogP contribution in [-0.4, -0.2) is 19.9 Å². The van der Waals surface area contributed by atoms with E-state index in [1.807, 2.05) is 24.3 Å². The highest BCUT2D eigenvalue weighted by Crippen LogP contribution is 2.26. The lowest BCUT2D eigenvalue weighted by Crippen LogP contribution is -2.27. The number of hydrogen-bond acceptors (Lipinski definition) is 2. The first-order chi connectivity index (χ1) is 9.25. The van der Waals surface area contributed by atoms with E-state index in [-0.39, 0.29) is 5.92 Å². The molecule has 0 aliphatic rings. The van der Waals surface area contributed by atoms with Crippen molar-refractivity contribution in [1.29, 1.82) is 0 Å². The van der Waals surface area contributed by atoms with Crippen LogP contribution in [-0.2, 0) is 0 Å². The Kier molecular flexibility index (Phi) is 2.68. The van der Waals surface area contributed by atoms with Crippen LogP contribution < -0.4 is 11.2 Å². The molecule has 0 atom stereocenters. The molecule has 0 saturated carbocycles. The quantitative estimate of drug-likeness (QED) is 0.560. The summed E-state index contributed by atoms with van der Waals surface area (Å²) in [5, 5.41) is 0. The van der Waals surface area contributed by atoms with Crippen molar-refractivity contribution in [1.82, 2.24) is 19.9 Å². The van der Waals surface area contributed by atoms with Crippen LogP contribution in [0.4, 0.5) is 0 Å². The third-order valence-corrected chi connectivity index (χ3v) is 3.03. The van der Waals surface area contributed by atoms with Gasteiger partial charge < -0.3 is 15.0 Å². The molecule has 0 bridgehead atoms. The van der Waals surface area contributed by atoms with Crippen LogP contribution in [0.5, 0.6) is 0 Å². The largest absolute Gasteiger partial charge is 0.364 e. The second-order valence-corrected chi connectivity index (χ2v) is 4.21. The Morgan fingerprint density at radius 1 is 0.895 bits per heavy atom. The van der Waals surface area contributed by atoms with Crippen molar-refractivity contribution in [2.45, 2.75) is 5.92 Å². The van der Waals surface area contributed by atoms with E-state index in [0.717, 1.165) is 11.4 Å². The monoisotopic (exact) mass is 256 g/mol. The summed E-state index contributed by atoms with van der Waals surface area (Å²) in [5.41, 5.74) is 1.33. The van der Waals surface area contributed by atoms with Gasteiger partial charge in [0.15, 0.2) is 0 Å². The summed E-state index contributed by atoms with van der Waals surface area (Å²) in [4.78, 5) is 34.0. The van der Waals surface area contributed by atoms with Crippen LogP contribution in [0.15, 0.2) is 52.4 Å². The third kappa shape index (κ3) is 2.03. The Labute approximate surface area is 107 Å². The highest BCUT2D eigenvalue weighted by molar-refractivity contribution is 5.35. The van der Waals surface area contributed by atoms with E-state index in [4.69, 9.17) is 0 Å². The topological polar surface area (TPSA) is 97.3 Å². The fourth-order valence-electron chi connectivity index (χ4n) is 2.18. The highest BCUT2D eigenvalue weighted by atomic mass is 16.2. The maximum absolute atomic E-state index is 12.0. The van der Waals surface area contributed by atoms with Crippen LogP contribution in [0, 0.1) is 0 Å². The predicted molar refractivity (Wildman–Crippen MR) is 70.2 cm³/mol. The Balaban J connectivity index is 2.20. The fourth-order valence-corrected chi connectivity index (χ4v) is 2.18. The van der Waals surface area contributed by atoms with Crippen molar-refractivity contribution in [2.24, 2.45) is 0 Å². The molecule has 0 aliphatic heterocycles. The van der Waals surface area contributed by atoms with Gasteiger partial charge >= 0.3 is 5.69 Å². The summed E-state index contributed by atoms with van der Waals surface area (Å²) < 4.78 is 0. The van der Waals surface area contributed by atoms with E-state index in [1.54, 1.807) is 12.4 Å². The second kappa shape index (κ2) is 4.49. The van der Waals surface area contributed by atoms with Gasteiger partial charge in [-0.3, -0.25) is 9.78 Å². The van der Waals surface area contributed by atoms with Crippen molar-refractivity contribution in [3.63, 3.8) is 0 Å². The minimum Gasteiger partial charge on any atom is -0.364 e. The average molecular weight is 256 g/mol. The van der Waals surface area contributed by atoms with Crippen LogP contribution >= 0.6 is 0 Å². The van der Waals surface area contributed by atoms with E-state index in [0.29, 0.717) is 5.56 Å². The van der Waals surface area contributed by atoms with Crippen molar-refractivity contribution < 1.29 is 0 Å². The summed E-state index contributed by atoms with van der Waals surface area (Å²) in [5.74, 6) is -0.273. The minimum atomic E-state index is -0.509. The van der Waals surface area contributed by atoms with Gasteiger partial charge in [-0.15, -0.1) is 0 Å². The molecule has 0 fully saturated rings. The lowest BCUT2D eigenvalue weighted by atomic mass is 9.95. The molecule has 0 aliphatic carbocycles. The highest BCUT2D eigenvalue weighted by Gasteiger charge is 2.21. The zero-order valence-corrected chi connectivity index (χ0v) is 9.94. The molecule has 3 heterocycles. The molecule has 6 heteroatoms. The van der Waals surface area contributed by atoms with Gasteiger partial charge in [-0.05, 0) is 24.3 Å². The summed E-state index contributed by atoms with van der Waals surface area (Å²) in [6.45, 7) is 0. The number of rotatable bonds is 3. The molecule has 3 aromatic rings. The van der Waals surface area contributed by atoms with Gasteiger partial charge in [0.25, 0.3) is 5.56 Å². The normalized spacial score (nSPS) is 11.0. The van der Waals surface area contributed by atoms with Gasteiger partial charge in [0.05, 0.1) is 5.92 Å². The van der Waals surface area contributed by atoms with Gasteiger partial charge in [0, 0.05) is 35.5 Å². The summed E-state index contributed by atoms with van der Waals surface area (Å²) in [7, 11) is 0. The molecule has 19 heavy (non-hydrogen) atoms. The van der Waals surface area contributed by atoms with Gasteiger partial charge in [-0.25, -0.2) is 4.79 Å². The molecule has 3 aromatic heterocycles. The number of aromatic amines is 4. The standard InChI is InChI=1S/C13H12N4O2/c18-12-8(7-16-13(19)17-12)11(9-3-1-5-14-9)10-4-2-6-15-10/h1-7,11,14-15H,(H2,16,17,18,19). The molecule has 96 valence electrons. The molecule has 0 aromatic carbocycles. The first kappa shape index (κ1) is 11.3. The van der Waals surface area contributed by atoms with Crippen molar-refractivity contribution in [2.75, 3.05) is 0 Å². The predicted octanol–water partition coefficient (Wildman–Crippen LogP) is 0.900. The Hall–Kier alpha value is -2.76. The number of nitrogens with one attached hydrogen (secondary N) is 4. The molecular weight excluding hydrogens is 244 g/mol. The number of hydrogen-bond donors (Lipinski definition) is 4. The lowest BCUT2D eigenvalue weighted by molar-refractivity contribution is 0.850. The van der Waals surface area contributed by atoms with Crippen LogP contribution in [0.3, 0.4) is 0 Å². The van der Waals surface area contributed by atoms with Gasteiger partial charge in [0.2, 0.25) is 0 Å². The van der Waals surface area contributed by atoms with E-state index in [2.05, 4.69) is 19.9 Å². The number of H-pyrrole nitrogens is 4. The maximum Gasteiger partial charge on any atom is 0.325 e. The molecule has 0 saturated heterocycles. The summed E-state index contributed by atoms with van der Waals surface area (Å²) in [6.07, 6.45) is 5.05. The molecule has 0 radical (unpaired) electrons. The first-order valence-corrected chi connectivity index (χ1v) is 5.84. The molecule has 6 nitrogen and oxygen atoms in total. The number of aromatic nitrogens is 4. The van der Waals surface area contributed by atoms with Gasteiger partial charge in [0.1, 0.15) is 0 Å². The Morgan fingerprint density at radius 3 is 2.00 bits per heavy atom. The summed E-state index contributed by atoms with van der Waals surface area (Å²) in [6, 6.07) is 7.53. The zero-order valence-electron chi connectivity index (χ0n) is 9.94.